The van der Waals surface area contributed by atoms with Crippen LogP contribution in [0.3, 0.4) is 0 Å². The summed E-state index contributed by atoms with van der Waals surface area (Å²) in [4.78, 5) is 33.2. The predicted octanol–water partition coefficient (Wildman–Crippen LogP) is 7.66. The molecule has 0 aromatic heterocycles. The Morgan fingerprint density at radius 3 is 1.49 bits per heavy atom. The molecule has 35 heavy (non-hydrogen) atoms. The number of nitrogens with zero attached hydrogens (tertiary/aromatic N) is 1. The quantitative estimate of drug-likeness (QED) is 0.0655. The Hall–Kier alpha value is -2.70. The molecule has 0 bridgehead atoms. The van der Waals surface area contributed by atoms with Crippen molar-refractivity contribution in [1.29, 1.82) is 0 Å². The van der Waals surface area contributed by atoms with Gasteiger partial charge in [-0.05, 0) is 57.8 Å². The minimum Gasteiger partial charge on any atom is -0.481 e. The van der Waals surface area contributed by atoms with Gasteiger partial charge in [0.25, 0.3) is 0 Å². The highest BCUT2D eigenvalue weighted by Gasteiger charge is 2.41. The Labute approximate surface area is 210 Å². The van der Waals surface area contributed by atoms with Gasteiger partial charge in [0.1, 0.15) is 0 Å². The Morgan fingerprint density at radius 2 is 1.09 bits per heavy atom. The second kappa shape index (κ2) is 21.8. The summed E-state index contributed by atoms with van der Waals surface area (Å²) in [6.07, 6.45) is 26.8. The number of hydrogen-bond donors (Lipinski definition) is 2. The highest BCUT2D eigenvalue weighted by molar-refractivity contribution is 5.66. The largest absolute Gasteiger partial charge is 0.481 e. The number of rotatable bonds is 23. The van der Waals surface area contributed by atoms with Crippen molar-refractivity contribution in [3.8, 4) is 0 Å². The molecular formula is C28H45NO6. The summed E-state index contributed by atoms with van der Waals surface area (Å²) in [6, 6.07) is 0. The zero-order valence-electron chi connectivity index (χ0n) is 21.4. The first-order chi connectivity index (χ1) is 16.8. The van der Waals surface area contributed by atoms with Crippen LogP contribution in [0.5, 0.6) is 0 Å². The van der Waals surface area contributed by atoms with Gasteiger partial charge in [-0.15, -0.1) is 0 Å². The molecule has 7 heteroatoms. The van der Waals surface area contributed by atoms with Gasteiger partial charge in [-0.2, -0.15) is 0 Å². The van der Waals surface area contributed by atoms with E-state index in [1.54, 1.807) is 0 Å². The Bertz CT molecular complexity index is 688. The van der Waals surface area contributed by atoms with Crippen molar-refractivity contribution in [3.05, 3.63) is 58.7 Å². The summed E-state index contributed by atoms with van der Waals surface area (Å²) < 4.78 is 0. The van der Waals surface area contributed by atoms with Gasteiger partial charge in [-0.25, -0.2) is 0 Å². The molecule has 0 atom stereocenters. The lowest BCUT2D eigenvalue weighted by atomic mass is 9.83. The van der Waals surface area contributed by atoms with Crippen molar-refractivity contribution < 1.29 is 24.7 Å². The molecule has 0 amide bonds. The summed E-state index contributed by atoms with van der Waals surface area (Å²) in [5.41, 5.74) is -1.25. The summed E-state index contributed by atoms with van der Waals surface area (Å²) in [5.74, 6) is -1.96. The van der Waals surface area contributed by atoms with Crippen LogP contribution in [-0.2, 0) is 9.59 Å². The molecule has 0 unspecified atom stereocenters. The molecule has 2 N–H and O–H groups in total. The van der Waals surface area contributed by atoms with Crippen LogP contribution in [0, 0.1) is 10.1 Å². The highest BCUT2D eigenvalue weighted by Crippen LogP contribution is 2.31. The van der Waals surface area contributed by atoms with E-state index < -0.39 is 17.5 Å². The Kier molecular flexibility index (Phi) is 20.1. The highest BCUT2D eigenvalue weighted by atomic mass is 16.6. The number of carboxylic acids is 2. The van der Waals surface area contributed by atoms with Crippen molar-refractivity contribution in [3.63, 3.8) is 0 Å². The van der Waals surface area contributed by atoms with E-state index in [1.807, 2.05) is 12.2 Å². The zero-order chi connectivity index (χ0) is 26.2. The fourth-order valence-corrected chi connectivity index (χ4v) is 3.90. The van der Waals surface area contributed by atoms with E-state index >= 15 is 0 Å². The minimum absolute atomic E-state index is 0.119. The molecule has 0 aromatic carbocycles. The molecule has 0 aliphatic rings. The van der Waals surface area contributed by atoms with Gasteiger partial charge in [0.2, 0.25) is 5.54 Å². The lowest BCUT2D eigenvalue weighted by Gasteiger charge is -2.25. The smallest absolute Gasteiger partial charge is 0.303 e. The normalized spacial score (nSPS) is 12.5. The Morgan fingerprint density at radius 1 is 0.686 bits per heavy atom. The van der Waals surface area contributed by atoms with Gasteiger partial charge in [0.15, 0.2) is 0 Å². The maximum atomic E-state index is 11.9. The lowest BCUT2D eigenvalue weighted by molar-refractivity contribution is -0.574. The standard InChI is InChI=1S/C28H45NO6/c1-2-3-4-5-6-7-8-9-10-11-12-13-14-15-16-17-18-23-28(29(34)35,24-19-21-26(30)31)25-20-22-27(32)33/h6-7,9-10,12-13,15-16H,2-5,8,11,14,17-25H2,1H3,(H,30,31)(H,32,33). The van der Waals surface area contributed by atoms with Gasteiger partial charge in [0.05, 0.1) is 0 Å². The SMILES string of the molecule is CCCCCC=CCC=CCC=CCC=CCCCC(CCCC(=O)O)(CCCC(=O)O)[N+](=O)[O-]. The van der Waals surface area contributed by atoms with E-state index in [1.165, 1.54) is 19.3 Å². The second-order valence-corrected chi connectivity index (χ2v) is 8.96. The Balaban J connectivity index is 4.32. The van der Waals surface area contributed by atoms with Gasteiger partial charge in [0, 0.05) is 37.0 Å². The predicted molar refractivity (Wildman–Crippen MR) is 141 cm³/mol. The van der Waals surface area contributed by atoms with E-state index in [9.17, 15) is 19.7 Å². The molecule has 0 heterocycles. The topological polar surface area (TPSA) is 118 Å². The average Bonchev–Trinajstić information content (AvgIpc) is 2.80. The minimum atomic E-state index is -1.25. The van der Waals surface area contributed by atoms with Crippen molar-refractivity contribution in [1.82, 2.24) is 0 Å². The van der Waals surface area contributed by atoms with E-state index in [4.69, 9.17) is 10.2 Å². The van der Waals surface area contributed by atoms with Crippen LogP contribution in [0.15, 0.2) is 48.6 Å². The molecule has 0 aromatic rings. The first kappa shape index (κ1) is 32.3. The van der Waals surface area contributed by atoms with Crippen LogP contribution in [0.25, 0.3) is 0 Å². The third kappa shape index (κ3) is 19.3. The number of hydrogen-bond acceptors (Lipinski definition) is 4. The van der Waals surface area contributed by atoms with Gasteiger partial charge in [-0.3, -0.25) is 19.7 Å². The molecule has 0 fully saturated rings. The average molecular weight is 492 g/mol. The van der Waals surface area contributed by atoms with Crippen LogP contribution in [0.2, 0.25) is 0 Å². The fourth-order valence-electron chi connectivity index (χ4n) is 3.90. The molecule has 0 radical (unpaired) electrons. The van der Waals surface area contributed by atoms with Crippen LogP contribution in [-0.4, -0.2) is 32.6 Å². The van der Waals surface area contributed by atoms with Gasteiger partial charge < -0.3 is 10.2 Å². The first-order valence-electron chi connectivity index (χ1n) is 13.0. The molecular weight excluding hydrogens is 446 g/mol. The zero-order valence-corrected chi connectivity index (χ0v) is 21.4. The second-order valence-electron chi connectivity index (χ2n) is 8.96. The number of nitro groups is 1. The van der Waals surface area contributed by atoms with Gasteiger partial charge in [-0.1, -0.05) is 68.4 Å². The van der Waals surface area contributed by atoms with Crippen LogP contribution >= 0.6 is 0 Å². The number of allylic oxidation sites excluding steroid dienone is 8. The third-order valence-electron chi connectivity index (χ3n) is 5.92. The maximum absolute atomic E-state index is 11.9. The lowest BCUT2D eigenvalue weighted by Crippen LogP contribution is -2.38. The molecule has 0 saturated heterocycles. The molecule has 0 spiro atoms. The molecule has 7 nitrogen and oxygen atoms in total. The maximum Gasteiger partial charge on any atom is 0.303 e. The molecule has 198 valence electrons. The summed E-state index contributed by atoms with van der Waals surface area (Å²) >= 11 is 0. The molecule has 0 aliphatic carbocycles. The van der Waals surface area contributed by atoms with Crippen LogP contribution in [0.4, 0.5) is 0 Å². The van der Waals surface area contributed by atoms with Crippen molar-refractivity contribution >= 4 is 11.9 Å². The monoisotopic (exact) mass is 491 g/mol. The summed E-state index contributed by atoms with van der Waals surface area (Å²) in [7, 11) is 0. The van der Waals surface area contributed by atoms with E-state index in [0.717, 1.165) is 25.7 Å². The molecule has 0 saturated carbocycles. The fraction of sp³-hybridized carbons (Fsp3) is 0.643. The molecule has 0 aliphatic heterocycles. The number of unbranched alkanes of at least 4 members (excludes halogenated alkanes) is 4. The number of carbonyl (C=O) groups is 2. The van der Waals surface area contributed by atoms with E-state index in [-0.39, 0.29) is 43.4 Å². The number of carboxylic acid groups (broad SMARTS) is 2. The summed E-state index contributed by atoms with van der Waals surface area (Å²) in [5, 5.41) is 29.6. The van der Waals surface area contributed by atoms with Crippen LogP contribution < -0.4 is 0 Å². The first-order valence-corrected chi connectivity index (χ1v) is 13.0. The van der Waals surface area contributed by atoms with Crippen molar-refractivity contribution in [2.24, 2.45) is 0 Å². The van der Waals surface area contributed by atoms with E-state index in [2.05, 4.69) is 43.4 Å². The van der Waals surface area contributed by atoms with Gasteiger partial charge >= 0.3 is 11.9 Å². The third-order valence-corrected chi connectivity index (χ3v) is 5.92. The summed E-state index contributed by atoms with van der Waals surface area (Å²) in [6.45, 7) is 2.21. The molecule has 0 rings (SSSR count). The number of aliphatic carboxylic acids is 2. The van der Waals surface area contributed by atoms with Crippen molar-refractivity contribution in [2.75, 3.05) is 0 Å². The van der Waals surface area contributed by atoms with Crippen LogP contribution in [0.1, 0.15) is 110 Å². The van der Waals surface area contributed by atoms with Crippen molar-refractivity contribution in [2.45, 2.75) is 115 Å². The van der Waals surface area contributed by atoms with E-state index in [0.29, 0.717) is 19.3 Å².